The van der Waals surface area contributed by atoms with Crippen LogP contribution in [0.1, 0.15) is 38.6 Å². The Morgan fingerprint density at radius 2 is 2.28 bits per heavy atom. The van der Waals surface area contributed by atoms with Gasteiger partial charge in [0.25, 0.3) is 5.91 Å². The highest BCUT2D eigenvalue weighted by molar-refractivity contribution is 7.11. The number of carbonyl (C=O) groups is 1. The average Bonchev–Trinajstić information content (AvgIpc) is 2.93. The molecule has 2 heterocycles. The summed E-state index contributed by atoms with van der Waals surface area (Å²) in [5, 5.41) is 10.6. The summed E-state index contributed by atoms with van der Waals surface area (Å²) >= 11 is 1.63. The predicted molar refractivity (Wildman–Crippen MR) is 70.7 cm³/mol. The van der Waals surface area contributed by atoms with Crippen LogP contribution in [-0.2, 0) is 13.0 Å². The van der Waals surface area contributed by atoms with E-state index >= 15 is 0 Å². The smallest absolute Gasteiger partial charge is 0.255 e. The number of hydrogen-bond donors (Lipinski definition) is 2. The van der Waals surface area contributed by atoms with Crippen molar-refractivity contribution in [3.63, 3.8) is 0 Å². The fourth-order valence-corrected chi connectivity index (χ4v) is 2.53. The van der Waals surface area contributed by atoms with E-state index in [0.29, 0.717) is 12.1 Å². The van der Waals surface area contributed by atoms with Crippen molar-refractivity contribution in [2.24, 2.45) is 0 Å². The summed E-state index contributed by atoms with van der Waals surface area (Å²) in [5.41, 5.74) is 2.14. The quantitative estimate of drug-likeness (QED) is 0.887. The van der Waals surface area contributed by atoms with Gasteiger partial charge in [-0.15, -0.1) is 11.3 Å². The van der Waals surface area contributed by atoms with Gasteiger partial charge in [-0.1, -0.05) is 6.92 Å². The van der Waals surface area contributed by atoms with E-state index in [-0.39, 0.29) is 5.91 Å². The third-order valence-electron chi connectivity index (χ3n) is 2.71. The van der Waals surface area contributed by atoms with Crippen molar-refractivity contribution < 1.29 is 4.79 Å². The van der Waals surface area contributed by atoms with Gasteiger partial charge < -0.3 is 5.32 Å². The summed E-state index contributed by atoms with van der Waals surface area (Å²) in [5.74, 6) is -0.105. The molecule has 0 saturated carbocycles. The van der Waals surface area contributed by atoms with E-state index in [4.69, 9.17) is 0 Å². The normalized spacial score (nSPS) is 10.6. The van der Waals surface area contributed by atoms with Crippen LogP contribution in [0.5, 0.6) is 0 Å². The number of aromatic nitrogens is 3. The van der Waals surface area contributed by atoms with E-state index in [1.54, 1.807) is 11.3 Å². The molecule has 1 amide bonds. The van der Waals surface area contributed by atoms with Crippen LogP contribution in [-0.4, -0.2) is 21.1 Å². The molecule has 0 radical (unpaired) electrons. The van der Waals surface area contributed by atoms with Gasteiger partial charge in [0, 0.05) is 16.8 Å². The van der Waals surface area contributed by atoms with E-state index in [2.05, 4.69) is 27.4 Å². The lowest BCUT2D eigenvalue weighted by Crippen LogP contribution is -2.23. The van der Waals surface area contributed by atoms with Crippen LogP contribution in [0.15, 0.2) is 6.20 Å². The minimum absolute atomic E-state index is 0.105. The molecule has 0 aliphatic heterocycles. The van der Waals surface area contributed by atoms with Gasteiger partial charge in [-0.25, -0.2) is 4.98 Å². The molecular formula is C12H16N4OS. The fraction of sp³-hybridized carbons (Fsp3) is 0.417. The van der Waals surface area contributed by atoms with Crippen molar-refractivity contribution in [2.45, 2.75) is 33.7 Å². The van der Waals surface area contributed by atoms with Crippen LogP contribution in [0, 0.1) is 13.8 Å². The molecule has 0 aliphatic rings. The maximum Gasteiger partial charge on any atom is 0.255 e. The van der Waals surface area contributed by atoms with Gasteiger partial charge in [-0.2, -0.15) is 5.10 Å². The van der Waals surface area contributed by atoms with E-state index in [1.807, 2.05) is 20.0 Å². The van der Waals surface area contributed by atoms with E-state index in [1.165, 1.54) is 4.88 Å². The monoisotopic (exact) mass is 264 g/mol. The van der Waals surface area contributed by atoms with Gasteiger partial charge in [-0.05, 0) is 20.3 Å². The van der Waals surface area contributed by atoms with Crippen molar-refractivity contribution in [2.75, 3.05) is 0 Å². The Morgan fingerprint density at radius 3 is 2.83 bits per heavy atom. The lowest BCUT2D eigenvalue weighted by atomic mass is 10.2. The van der Waals surface area contributed by atoms with Gasteiger partial charge in [0.1, 0.15) is 5.01 Å². The molecule has 0 aliphatic carbocycles. The second kappa shape index (κ2) is 5.30. The van der Waals surface area contributed by atoms with E-state index in [0.717, 1.165) is 22.8 Å². The summed E-state index contributed by atoms with van der Waals surface area (Å²) in [6.07, 6.45) is 2.84. The first-order valence-electron chi connectivity index (χ1n) is 5.85. The van der Waals surface area contributed by atoms with Crippen molar-refractivity contribution in [1.29, 1.82) is 0 Å². The van der Waals surface area contributed by atoms with Crippen LogP contribution < -0.4 is 5.32 Å². The van der Waals surface area contributed by atoms with Crippen molar-refractivity contribution in [3.8, 4) is 0 Å². The molecule has 0 aromatic carbocycles. The highest BCUT2D eigenvalue weighted by Gasteiger charge is 2.15. The molecule has 0 spiro atoms. The lowest BCUT2D eigenvalue weighted by molar-refractivity contribution is 0.0949. The third kappa shape index (κ3) is 2.59. The number of thiazole rings is 1. The maximum absolute atomic E-state index is 12.0. The molecule has 2 aromatic rings. The van der Waals surface area contributed by atoms with Crippen LogP contribution in [0.4, 0.5) is 0 Å². The average molecular weight is 264 g/mol. The number of hydrogen-bond acceptors (Lipinski definition) is 4. The highest BCUT2D eigenvalue weighted by Crippen LogP contribution is 2.14. The number of nitrogens with zero attached hydrogens (tertiary/aromatic N) is 2. The van der Waals surface area contributed by atoms with Crippen LogP contribution in [0.3, 0.4) is 0 Å². The molecule has 0 bridgehead atoms. The Kier molecular flexibility index (Phi) is 3.76. The summed E-state index contributed by atoms with van der Waals surface area (Å²) in [6, 6.07) is 0. The number of aromatic amines is 1. The molecule has 2 N–H and O–H groups in total. The third-order valence-corrected chi connectivity index (χ3v) is 3.85. The largest absolute Gasteiger partial charge is 0.345 e. The lowest BCUT2D eigenvalue weighted by Gasteiger charge is -2.02. The van der Waals surface area contributed by atoms with Crippen LogP contribution in [0.25, 0.3) is 0 Å². The Morgan fingerprint density at radius 1 is 1.50 bits per heavy atom. The Bertz CT molecular complexity index is 539. The summed E-state index contributed by atoms with van der Waals surface area (Å²) < 4.78 is 0. The van der Waals surface area contributed by atoms with Crippen molar-refractivity contribution in [3.05, 3.63) is 33.0 Å². The Balaban J connectivity index is 2.00. The summed E-state index contributed by atoms with van der Waals surface area (Å²) in [4.78, 5) is 17.5. The SMILES string of the molecule is CCc1cnc(CNC(=O)c2c(C)n[nH]c2C)s1. The molecule has 0 fully saturated rings. The van der Waals surface area contributed by atoms with Gasteiger partial charge >= 0.3 is 0 Å². The molecule has 96 valence electrons. The van der Waals surface area contributed by atoms with Gasteiger partial charge in [0.2, 0.25) is 0 Å². The minimum Gasteiger partial charge on any atom is -0.345 e. The fourth-order valence-electron chi connectivity index (χ4n) is 1.72. The summed E-state index contributed by atoms with van der Waals surface area (Å²) in [6.45, 7) is 6.21. The van der Waals surface area contributed by atoms with E-state index < -0.39 is 0 Å². The molecule has 0 saturated heterocycles. The van der Waals surface area contributed by atoms with Gasteiger partial charge in [0.15, 0.2) is 0 Å². The topological polar surface area (TPSA) is 70.7 Å². The Hall–Kier alpha value is -1.69. The maximum atomic E-state index is 12.0. The zero-order valence-electron chi connectivity index (χ0n) is 10.7. The molecule has 5 nitrogen and oxygen atoms in total. The highest BCUT2D eigenvalue weighted by atomic mass is 32.1. The zero-order chi connectivity index (χ0) is 13.1. The standard InChI is InChI=1S/C12H16N4OS/c1-4-9-5-13-10(18-9)6-14-12(17)11-7(2)15-16-8(11)3/h5H,4,6H2,1-3H3,(H,14,17)(H,15,16). The zero-order valence-corrected chi connectivity index (χ0v) is 11.5. The van der Waals surface area contributed by atoms with E-state index in [9.17, 15) is 4.79 Å². The van der Waals surface area contributed by atoms with Crippen LogP contribution in [0.2, 0.25) is 0 Å². The number of carbonyl (C=O) groups excluding carboxylic acids is 1. The number of H-pyrrole nitrogens is 1. The number of nitrogens with one attached hydrogen (secondary N) is 2. The second-order valence-corrected chi connectivity index (χ2v) is 5.27. The summed E-state index contributed by atoms with van der Waals surface area (Å²) in [7, 11) is 0. The molecule has 0 unspecified atom stereocenters. The predicted octanol–water partition coefficient (Wildman–Crippen LogP) is 1.98. The Labute approximate surface area is 110 Å². The molecule has 18 heavy (non-hydrogen) atoms. The minimum atomic E-state index is -0.105. The number of rotatable bonds is 4. The second-order valence-electron chi connectivity index (χ2n) is 4.07. The number of amides is 1. The molecular weight excluding hydrogens is 248 g/mol. The van der Waals surface area contributed by atoms with Crippen molar-refractivity contribution >= 4 is 17.2 Å². The first-order chi connectivity index (χ1) is 8.61. The van der Waals surface area contributed by atoms with Gasteiger partial charge in [0.05, 0.1) is 17.8 Å². The van der Waals surface area contributed by atoms with Crippen LogP contribution >= 0.6 is 11.3 Å². The molecule has 2 rings (SSSR count). The van der Waals surface area contributed by atoms with Crippen molar-refractivity contribution in [1.82, 2.24) is 20.5 Å². The number of aryl methyl sites for hydroxylation is 3. The van der Waals surface area contributed by atoms with Gasteiger partial charge in [-0.3, -0.25) is 9.89 Å². The molecule has 0 atom stereocenters. The first kappa shape index (κ1) is 12.8. The molecule has 6 heteroatoms. The first-order valence-corrected chi connectivity index (χ1v) is 6.66. The molecule has 2 aromatic heterocycles.